The van der Waals surface area contributed by atoms with Gasteiger partial charge in [-0.3, -0.25) is 19.8 Å². The first kappa shape index (κ1) is 14.6. The molecule has 0 radical (unpaired) electrons. The standard InChI is InChI=1S/C15H13FN2O3/c1-2-18-14(20)11(13(19)17-15(18)21)8-5-7-10-6-3-4-9-12(10)16/h3-9H,2H2,1H3,(H,17,19,21)/b7-5+,11-8+. The molecular weight excluding hydrogens is 275 g/mol. The summed E-state index contributed by atoms with van der Waals surface area (Å²) in [5.74, 6) is -1.82. The maximum Gasteiger partial charge on any atom is 0.331 e. The van der Waals surface area contributed by atoms with Crippen molar-refractivity contribution in [1.29, 1.82) is 0 Å². The third kappa shape index (κ3) is 3.05. The van der Waals surface area contributed by atoms with Gasteiger partial charge in [0.2, 0.25) is 0 Å². The molecule has 0 saturated carbocycles. The second-order valence-electron chi connectivity index (χ2n) is 4.27. The van der Waals surface area contributed by atoms with Crippen molar-refractivity contribution in [3.05, 3.63) is 53.4 Å². The topological polar surface area (TPSA) is 66.5 Å². The largest absolute Gasteiger partial charge is 0.331 e. The van der Waals surface area contributed by atoms with Gasteiger partial charge in [0.1, 0.15) is 11.4 Å². The van der Waals surface area contributed by atoms with Crippen LogP contribution in [0.25, 0.3) is 6.08 Å². The zero-order chi connectivity index (χ0) is 15.4. The molecule has 0 unspecified atom stereocenters. The highest BCUT2D eigenvalue weighted by molar-refractivity contribution is 6.28. The van der Waals surface area contributed by atoms with E-state index in [4.69, 9.17) is 0 Å². The van der Waals surface area contributed by atoms with Crippen molar-refractivity contribution >= 4 is 23.9 Å². The summed E-state index contributed by atoms with van der Waals surface area (Å²) in [5, 5.41) is 2.07. The molecule has 0 aromatic heterocycles. The third-order valence-electron chi connectivity index (χ3n) is 2.95. The lowest BCUT2D eigenvalue weighted by Gasteiger charge is -2.24. The van der Waals surface area contributed by atoms with Crippen molar-refractivity contribution in [2.45, 2.75) is 6.92 Å². The number of urea groups is 1. The van der Waals surface area contributed by atoms with E-state index in [9.17, 15) is 18.8 Å². The molecule has 2 rings (SSSR count). The van der Waals surface area contributed by atoms with Crippen LogP contribution in [-0.2, 0) is 9.59 Å². The zero-order valence-electron chi connectivity index (χ0n) is 11.3. The number of barbiturate groups is 1. The van der Waals surface area contributed by atoms with Crippen LogP contribution in [0.15, 0.2) is 42.0 Å². The molecule has 0 atom stereocenters. The number of amides is 4. The molecule has 1 saturated heterocycles. The fraction of sp³-hybridized carbons (Fsp3) is 0.133. The molecule has 1 fully saturated rings. The summed E-state index contributed by atoms with van der Waals surface area (Å²) < 4.78 is 13.4. The lowest BCUT2D eigenvalue weighted by Crippen LogP contribution is -2.53. The summed E-state index contributed by atoms with van der Waals surface area (Å²) in [6.45, 7) is 1.78. The lowest BCUT2D eigenvalue weighted by atomic mass is 10.1. The van der Waals surface area contributed by atoms with E-state index in [0.29, 0.717) is 5.56 Å². The Morgan fingerprint density at radius 3 is 2.62 bits per heavy atom. The Morgan fingerprint density at radius 1 is 1.24 bits per heavy atom. The van der Waals surface area contributed by atoms with E-state index in [2.05, 4.69) is 5.32 Å². The van der Waals surface area contributed by atoms with Gasteiger partial charge in [0.15, 0.2) is 0 Å². The molecule has 0 bridgehead atoms. The average Bonchev–Trinajstić information content (AvgIpc) is 2.44. The van der Waals surface area contributed by atoms with Gasteiger partial charge in [-0.15, -0.1) is 0 Å². The Bertz CT molecular complexity index is 665. The summed E-state index contributed by atoms with van der Waals surface area (Å²) in [5.41, 5.74) is 0.172. The minimum absolute atomic E-state index is 0.159. The molecule has 0 spiro atoms. The molecule has 108 valence electrons. The highest BCUT2D eigenvalue weighted by Gasteiger charge is 2.34. The van der Waals surface area contributed by atoms with Crippen molar-refractivity contribution in [2.24, 2.45) is 0 Å². The Morgan fingerprint density at radius 2 is 1.95 bits per heavy atom. The number of nitrogens with zero attached hydrogens (tertiary/aromatic N) is 1. The van der Waals surface area contributed by atoms with E-state index >= 15 is 0 Å². The molecule has 1 aromatic carbocycles. The molecule has 1 aliphatic rings. The summed E-state index contributed by atoms with van der Waals surface area (Å²) in [7, 11) is 0. The predicted octanol–water partition coefficient (Wildman–Crippen LogP) is 1.86. The third-order valence-corrected chi connectivity index (χ3v) is 2.95. The van der Waals surface area contributed by atoms with Gasteiger partial charge in [-0.1, -0.05) is 30.4 Å². The van der Waals surface area contributed by atoms with Crippen LogP contribution < -0.4 is 5.32 Å². The van der Waals surface area contributed by atoms with E-state index in [1.807, 2.05) is 0 Å². The second kappa shape index (κ2) is 6.13. The van der Waals surface area contributed by atoms with Crippen LogP contribution in [0.5, 0.6) is 0 Å². The van der Waals surface area contributed by atoms with E-state index in [1.54, 1.807) is 25.1 Å². The predicted molar refractivity (Wildman–Crippen MR) is 74.4 cm³/mol. The van der Waals surface area contributed by atoms with Crippen LogP contribution in [0.4, 0.5) is 9.18 Å². The number of hydrogen-bond acceptors (Lipinski definition) is 3. The first-order valence-electron chi connectivity index (χ1n) is 6.34. The summed E-state index contributed by atoms with van der Waals surface area (Å²) >= 11 is 0. The number of rotatable bonds is 3. The van der Waals surface area contributed by atoms with Crippen LogP contribution in [0, 0.1) is 5.82 Å². The molecule has 1 aliphatic heterocycles. The van der Waals surface area contributed by atoms with E-state index in [1.165, 1.54) is 24.3 Å². The van der Waals surface area contributed by atoms with Crippen LogP contribution in [0.3, 0.4) is 0 Å². The smallest absolute Gasteiger partial charge is 0.273 e. The highest BCUT2D eigenvalue weighted by atomic mass is 19.1. The SMILES string of the molecule is CCN1C(=O)NC(=O)/C(=C\C=C\c2ccccc2F)C1=O. The quantitative estimate of drug-likeness (QED) is 0.682. The van der Waals surface area contributed by atoms with Crippen molar-refractivity contribution < 1.29 is 18.8 Å². The van der Waals surface area contributed by atoms with Gasteiger partial charge in [-0.25, -0.2) is 9.18 Å². The van der Waals surface area contributed by atoms with Crippen molar-refractivity contribution in [3.8, 4) is 0 Å². The zero-order valence-corrected chi connectivity index (χ0v) is 11.3. The van der Waals surface area contributed by atoms with Crippen LogP contribution >= 0.6 is 0 Å². The van der Waals surface area contributed by atoms with Gasteiger partial charge in [-0.05, 0) is 19.1 Å². The number of carbonyl (C=O) groups is 3. The van der Waals surface area contributed by atoms with Crippen LogP contribution in [-0.4, -0.2) is 29.3 Å². The molecule has 21 heavy (non-hydrogen) atoms. The van der Waals surface area contributed by atoms with E-state index in [-0.39, 0.29) is 12.1 Å². The van der Waals surface area contributed by atoms with Crippen LogP contribution in [0.1, 0.15) is 12.5 Å². The maximum absolute atomic E-state index is 13.4. The highest BCUT2D eigenvalue weighted by Crippen LogP contribution is 2.12. The van der Waals surface area contributed by atoms with Gasteiger partial charge in [0.25, 0.3) is 11.8 Å². The molecular formula is C15H13FN2O3. The molecule has 1 heterocycles. The van der Waals surface area contributed by atoms with Gasteiger partial charge >= 0.3 is 6.03 Å². The van der Waals surface area contributed by atoms with Crippen molar-refractivity contribution in [2.75, 3.05) is 6.54 Å². The van der Waals surface area contributed by atoms with Crippen molar-refractivity contribution in [3.63, 3.8) is 0 Å². The molecule has 0 aliphatic carbocycles. The van der Waals surface area contributed by atoms with E-state index < -0.39 is 23.7 Å². The minimum atomic E-state index is -0.757. The number of imide groups is 2. The molecule has 4 amide bonds. The Hall–Kier alpha value is -2.76. The first-order valence-corrected chi connectivity index (χ1v) is 6.34. The normalized spacial score (nSPS) is 17.7. The molecule has 1 aromatic rings. The van der Waals surface area contributed by atoms with Gasteiger partial charge in [0.05, 0.1) is 0 Å². The molecule has 5 nitrogen and oxygen atoms in total. The Kier molecular flexibility index (Phi) is 4.27. The number of benzene rings is 1. The van der Waals surface area contributed by atoms with E-state index in [0.717, 1.165) is 4.90 Å². The summed E-state index contributed by atoms with van der Waals surface area (Å²) in [6, 6.07) is 5.38. The number of nitrogens with one attached hydrogen (secondary N) is 1. The van der Waals surface area contributed by atoms with Crippen LogP contribution in [0.2, 0.25) is 0 Å². The summed E-state index contributed by atoms with van der Waals surface area (Å²) in [6.07, 6.45) is 4.10. The Labute approximate surface area is 120 Å². The van der Waals surface area contributed by atoms with Crippen molar-refractivity contribution in [1.82, 2.24) is 10.2 Å². The number of carbonyl (C=O) groups excluding carboxylic acids is 3. The van der Waals surface area contributed by atoms with Gasteiger partial charge in [0, 0.05) is 12.1 Å². The number of halogens is 1. The minimum Gasteiger partial charge on any atom is -0.273 e. The van der Waals surface area contributed by atoms with Gasteiger partial charge in [-0.2, -0.15) is 0 Å². The number of allylic oxidation sites excluding steroid dienone is 2. The fourth-order valence-electron chi connectivity index (χ4n) is 1.86. The monoisotopic (exact) mass is 288 g/mol. The second-order valence-corrected chi connectivity index (χ2v) is 4.27. The first-order chi connectivity index (χ1) is 10.0. The number of likely N-dealkylation sites (N-methyl/N-ethyl adjacent to an activating group) is 1. The lowest BCUT2D eigenvalue weighted by molar-refractivity contribution is -0.130. The molecule has 6 heteroatoms. The Balaban J connectivity index is 2.24. The fourth-order valence-corrected chi connectivity index (χ4v) is 1.86. The molecule has 1 N–H and O–H groups in total. The maximum atomic E-state index is 13.4. The number of hydrogen-bond donors (Lipinski definition) is 1. The average molecular weight is 288 g/mol. The summed E-state index contributed by atoms with van der Waals surface area (Å²) in [4.78, 5) is 35.9. The van der Waals surface area contributed by atoms with Gasteiger partial charge < -0.3 is 0 Å².